The van der Waals surface area contributed by atoms with Crippen LogP contribution in [0.25, 0.3) is 11.4 Å². The largest absolute Gasteiger partial charge is 0.479 e. The standard InChI is InChI=1S/C12H9FN2O3/c13-9-3-1-8(2-4-9)12-14-5-10(6-15-12)18-7-11(16)17/h1-6H,7H2,(H,16,17). The van der Waals surface area contributed by atoms with E-state index in [1.807, 2.05) is 0 Å². The van der Waals surface area contributed by atoms with Crippen LogP contribution in [-0.2, 0) is 4.79 Å². The first-order chi connectivity index (χ1) is 8.65. The third-order valence-electron chi connectivity index (χ3n) is 2.09. The van der Waals surface area contributed by atoms with Gasteiger partial charge in [-0.05, 0) is 24.3 Å². The molecular formula is C12H9FN2O3. The molecule has 0 aliphatic carbocycles. The lowest BCUT2D eigenvalue weighted by atomic mass is 10.2. The highest BCUT2D eigenvalue weighted by molar-refractivity contribution is 5.68. The first-order valence-electron chi connectivity index (χ1n) is 5.08. The van der Waals surface area contributed by atoms with E-state index >= 15 is 0 Å². The Balaban J connectivity index is 2.12. The molecule has 0 fully saturated rings. The lowest BCUT2D eigenvalue weighted by Gasteiger charge is -2.03. The fourth-order valence-corrected chi connectivity index (χ4v) is 1.28. The summed E-state index contributed by atoms with van der Waals surface area (Å²) in [5.74, 6) is -0.723. The molecule has 5 nitrogen and oxygen atoms in total. The van der Waals surface area contributed by atoms with Gasteiger partial charge in [0.05, 0.1) is 12.4 Å². The Hall–Kier alpha value is -2.50. The van der Waals surface area contributed by atoms with Crippen molar-refractivity contribution in [3.8, 4) is 17.1 Å². The van der Waals surface area contributed by atoms with E-state index in [-0.39, 0.29) is 11.6 Å². The molecule has 1 aromatic carbocycles. The van der Waals surface area contributed by atoms with Gasteiger partial charge in [0.25, 0.3) is 0 Å². The molecule has 0 radical (unpaired) electrons. The molecule has 0 aliphatic heterocycles. The van der Waals surface area contributed by atoms with Crippen LogP contribution in [-0.4, -0.2) is 27.7 Å². The van der Waals surface area contributed by atoms with E-state index in [0.717, 1.165) is 0 Å². The second kappa shape index (κ2) is 5.22. The van der Waals surface area contributed by atoms with E-state index < -0.39 is 12.6 Å². The SMILES string of the molecule is O=C(O)COc1cnc(-c2ccc(F)cc2)nc1. The maximum Gasteiger partial charge on any atom is 0.341 e. The Labute approximate surface area is 102 Å². The molecule has 92 valence electrons. The maximum absolute atomic E-state index is 12.7. The van der Waals surface area contributed by atoms with Crippen LogP contribution in [0.15, 0.2) is 36.7 Å². The van der Waals surface area contributed by atoms with Crippen LogP contribution in [0, 0.1) is 5.82 Å². The summed E-state index contributed by atoms with van der Waals surface area (Å²) >= 11 is 0. The quantitative estimate of drug-likeness (QED) is 0.892. The molecule has 0 unspecified atom stereocenters. The molecule has 0 atom stereocenters. The smallest absolute Gasteiger partial charge is 0.341 e. The highest BCUT2D eigenvalue weighted by Gasteiger charge is 2.03. The van der Waals surface area contributed by atoms with Gasteiger partial charge in [0.2, 0.25) is 0 Å². The molecule has 0 aliphatic rings. The Morgan fingerprint density at radius 2 is 1.83 bits per heavy atom. The van der Waals surface area contributed by atoms with Crippen molar-refractivity contribution in [2.45, 2.75) is 0 Å². The molecule has 0 amide bonds. The zero-order chi connectivity index (χ0) is 13.0. The van der Waals surface area contributed by atoms with Crippen LogP contribution in [0.3, 0.4) is 0 Å². The number of hydrogen-bond donors (Lipinski definition) is 1. The number of carboxylic acid groups (broad SMARTS) is 1. The van der Waals surface area contributed by atoms with Gasteiger partial charge in [0.15, 0.2) is 18.2 Å². The molecule has 2 rings (SSSR count). The van der Waals surface area contributed by atoms with Gasteiger partial charge in [0, 0.05) is 5.56 Å². The van der Waals surface area contributed by atoms with Crippen molar-refractivity contribution in [2.24, 2.45) is 0 Å². The fourth-order valence-electron chi connectivity index (χ4n) is 1.28. The van der Waals surface area contributed by atoms with Gasteiger partial charge >= 0.3 is 5.97 Å². The summed E-state index contributed by atoms with van der Waals surface area (Å²) in [6, 6.07) is 5.74. The first-order valence-corrected chi connectivity index (χ1v) is 5.08. The molecule has 1 heterocycles. The summed E-state index contributed by atoms with van der Waals surface area (Å²) in [4.78, 5) is 18.3. The molecular weight excluding hydrogens is 239 g/mol. The van der Waals surface area contributed by atoms with E-state index in [1.165, 1.54) is 24.5 Å². The zero-order valence-electron chi connectivity index (χ0n) is 9.21. The number of benzene rings is 1. The summed E-state index contributed by atoms with van der Waals surface area (Å²) in [7, 11) is 0. The second-order valence-corrected chi connectivity index (χ2v) is 3.43. The zero-order valence-corrected chi connectivity index (χ0v) is 9.21. The minimum Gasteiger partial charge on any atom is -0.479 e. The number of rotatable bonds is 4. The minimum absolute atomic E-state index is 0.267. The number of hydrogen-bond acceptors (Lipinski definition) is 4. The van der Waals surface area contributed by atoms with Crippen LogP contribution in [0.2, 0.25) is 0 Å². The number of aromatic nitrogens is 2. The van der Waals surface area contributed by atoms with Gasteiger partial charge in [-0.3, -0.25) is 0 Å². The number of nitrogens with zero attached hydrogens (tertiary/aromatic N) is 2. The van der Waals surface area contributed by atoms with Crippen LogP contribution < -0.4 is 4.74 Å². The number of ether oxygens (including phenoxy) is 1. The predicted octanol–water partition coefficient (Wildman–Crippen LogP) is 1.75. The fraction of sp³-hybridized carbons (Fsp3) is 0.0833. The molecule has 0 bridgehead atoms. The average Bonchev–Trinajstić information content (AvgIpc) is 2.38. The minimum atomic E-state index is -1.07. The Morgan fingerprint density at radius 3 is 2.39 bits per heavy atom. The molecule has 2 aromatic rings. The average molecular weight is 248 g/mol. The Morgan fingerprint density at radius 1 is 1.22 bits per heavy atom. The summed E-state index contributed by atoms with van der Waals surface area (Å²) in [6.07, 6.45) is 2.74. The summed E-state index contributed by atoms with van der Waals surface area (Å²) < 4.78 is 17.6. The predicted molar refractivity (Wildman–Crippen MR) is 60.6 cm³/mol. The van der Waals surface area contributed by atoms with Crippen LogP contribution >= 0.6 is 0 Å². The molecule has 6 heteroatoms. The first kappa shape index (κ1) is 12.0. The van der Waals surface area contributed by atoms with E-state index in [2.05, 4.69) is 9.97 Å². The molecule has 18 heavy (non-hydrogen) atoms. The Kier molecular flexibility index (Phi) is 3.47. The van der Waals surface area contributed by atoms with Gasteiger partial charge in [-0.2, -0.15) is 0 Å². The van der Waals surface area contributed by atoms with Gasteiger partial charge < -0.3 is 9.84 Å². The van der Waals surface area contributed by atoms with Crippen molar-refractivity contribution >= 4 is 5.97 Å². The van der Waals surface area contributed by atoms with E-state index in [0.29, 0.717) is 11.4 Å². The highest BCUT2D eigenvalue weighted by atomic mass is 19.1. The summed E-state index contributed by atoms with van der Waals surface area (Å²) in [5, 5.41) is 8.43. The highest BCUT2D eigenvalue weighted by Crippen LogP contribution is 2.16. The molecule has 0 saturated heterocycles. The van der Waals surface area contributed by atoms with Gasteiger partial charge in [-0.1, -0.05) is 0 Å². The summed E-state index contributed by atoms with van der Waals surface area (Å²) in [5.41, 5.74) is 0.668. The van der Waals surface area contributed by atoms with E-state index in [1.54, 1.807) is 12.1 Å². The molecule has 1 N–H and O–H groups in total. The molecule has 0 spiro atoms. The normalized spacial score (nSPS) is 10.1. The lowest BCUT2D eigenvalue weighted by Crippen LogP contribution is -2.09. The van der Waals surface area contributed by atoms with Gasteiger partial charge in [0.1, 0.15) is 5.82 Å². The number of carboxylic acids is 1. The van der Waals surface area contributed by atoms with Crippen molar-refractivity contribution < 1.29 is 19.0 Å². The third-order valence-corrected chi connectivity index (χ3v) is 2.09. The number of aliphatic carboxylic acids is 1. The topological polar surface area (TPSA) is 72.3 Å². The van der Waals surface area contributed by atoms with Crippen molar-refractivity contribution in [1.82, 2.24) is 9.97 Å². The van der Waals surface area contributed by atoms with Gasteiger partial charge in [-0.15, -0.1) is 0 Å². The maximum atomic E-state index is 12.7. The van der Waals surface area contributed by atoms with Crippen molar-refractivity contribution in [2.75, 3.05) is 6.61 Å². The molecule has 0 saturated carbocycles. The van der Waals surface area contributed by atoms with Crippen molar-refractivity contribution in [3.05, 3.63) is 42.5 Å². The lowest BCUT2D eigenvalue weighted by molar-refractivity contribution is -0.139. The van der Waals surface area contributed by atoms with E-state index in [9.17, 15) is 9.18 Å². The van der Waals surface area contributed by atoms with E-state index in [4.69, 9.17) is 9.84 Å². The summed E-state index contributed by atoms with van der Waals surface area (Å²) in [6.45, 7) is -0.445. The molecule has 1 aromatic heterocycles. The third kappa shape index (κ3) is 3.00. The van der Waals surface area contributed by atoms with Crippen LogP contribution in [0.5, 0.6) is 5.75 Å². The van der Waals surface area contributed by atoms with Crippen LogP contribution in [0.1, 0.15) is 0 Å². The number of halogens is 1. The monoisotopic (exact) mass is 248 g/mol. The van der Waals surface area contributed by atoms with Gasteiger partial charge in [-0.25, -0.2) is 19.2 Å². The van der Waals surface area contributed by atoms with Crippen LogP contribution in [0.4, 0.5) is 4.39 Å². The Bertz CT molecular complexity index is 540. The van der Waals surface area contributed by atoms with Crippen molar-refractivity contribution in [1.29, 1.82) is 0 Å². The van der Waals surface area contributed by atoms with Crippen molar-refractivity contribution in [3.63, 3.8) is 0 Å². The second-order valence-electron chi connectivity index (χ2n) is 3.43. The number of carbonyl (C=O) groups is 1.